The summed E-state index contributed by atoms with van der Waals surface area (Å²) in [6, 6.07) is 25.4. The van der Waals surface area contributed by atoms with Crippen LogP contribution in [0.3, 0.4) is 0 Å². The van der Waals surface area contributed by atoms with Crippen molar-refractivity contribution in [3.63, 3.8) is 0 Å². The third-order valence-corrected chi connectivity index (χ3v) is 7.43. The lowest BCUT2D eigenvalue weighted by molar-refractivity contribution is -0.113. The van der Waals surface area contributed by atoms with E-state index in [1.165, 1.54) is 23.1 Å². The number of aryl methyl sites for hydroxylation is 1. The Balaban J connectivity index is 1.34. The van der Waals surface area contributed by atoms with Crippen molar-refractivity contribution in [3.8, 4) is 22.9 Å². The fourth-order valence-electron chi connectivity index (χ4n) is 3.51. The van der Waals surface area contributed by atoms with E-state index in [-0.39, 0.29) is 11.7 Å². The van der Waals surface area contributed by atoms with Crippen LogP contribution in [0.4, 0.5) is 16.4 Å². The van der Waals surface area contributed by atoms with Crippen molar-refractivity contribution in [3.05, 3.63) is 89.3 Å². The van der Waals surface area contributed by atoms with Crippen LogP contribution < -0.4 is 20.7 Å². The van der Waals surface area contributed by atoms with Crippen molar-refractivity contribution in [2.45, 2.75) is 11.8 Å². The third kappa shape index (κ3) is 6.89. The van der Waals surface area contributed by atoms with Crippen molar-refractivity contribution in [2.75, 3.05) is 28.8 Å². The number of benzene rings is 3. The van der Waals surface area contributed by atoms with E-state index in [4.69, 9.17) is 17.0 Å². The highest BCUT2D eigenvalue weighted by atomic mass is 32.2. The average Bonchev–Trinajstić information content (AvgIpc) is 3.30. The van der Waals surface area contributed by atoms with Crippen molar-refractivity contribution >= 4 is 62.7 Å². The first kappa shape index (κ1) is 26.2. The van der Waals surface area contributed by atoms with Crippen LogP contribution in [0.25, 0.3) is 11.1 Å². The molecule has 0 radical (unpaired) electrons. The van der Waals surface area contributed by atoms with Gasteiger partial charge < -0.3 is 20.7 Å². The topological polar surface area (TPSA) is 86.2 Å². The second kappa shape index (κ2) is 12.4. The highest BCUT2D eigenvalue weighted by Crippen LogP contribution is 2.35. The quantitative estimate of drug-likeness (QED) is 0.160. The predicted octanol–water partition coefficient (Wildman–Crippen LogP) is 7.14. The smallest absolute Gasteiger partial charge is 0.235 e. The molecule has 1 heterocycles. The number of thiophene rings is 1. The monoisotopic (exact) mass is 544 g/mol. The minimum atomic E-state index is -0.175. The molecule has 37 heavy (non-hydrogen) atoms. The maximum Gasteiger partial charge on any atom is 0.235 e. The Morgan fingerprint density at radius 2 is 1.84 bits per heavy atom. The molecule has 4 aromatic rings. The molecule has 1 amide bonds. The van der Waals surface area contributed by atoms with Gasteiger partial charge in [-0.05, 0) is 55.0 Å². The molecular formula is C28H24N4O2S3. The van der Waals surface area contributed by atoms with Gasteiger partial charge in [-0.25, -0.2) is 0 Å². The normalized spacial score (nSPS) is 10.3. The summed E-state index contributed by atoms with van der Waals surface area (Å²) in [6.07, 6.45) is 0. The molecular weight excluding hydrogens is 521 g/mol. The second-order valence-corrected chi connectivity index (χ2v) is 10.3. The number of thiocarbonyl (C=S) groups is 1. The molecule has 1 aromatic heterocycles. The number of anilines is 3. The zero-order chi connectivity index (χ0) is 26.2. The average molecular weight is 545 g/mol. The van der Waals surface area contributed by atoms with Gasteiger partial charge in [-0.2, -0.15) is 5.26 Å². The number of ether oxygens (including phenoxy) is 1. The molecule has 0 spiro atoms. The van der Waals surface area contributed by atoms with E-state index < -0.39 is 0 Å². The molecule has 3 N–H and O–H groups in total. The Kier molecular flexibility index (Phi) is 8.80. The number of carbonyl (C=O) groups is 1. The van der Waals surface area contributed by atoms with Gasteiger partial charge in [0.05, 0.1) is 24.1 Å². The van der Waals surface area contributed by atoms with Gasteiger partial charge in [-0.1, -0.05) is 48.0 Å². The number of carbonyl (C=O) groups excluding carboxylic acids is 1. The minimum Gasteiger partial charge on any atom is -0.495 e. The summed E-state index contributed by atoms with van der Waals surface area (Å²) >= 11 is 8.20. The molecule has 0 bridgehead atoms. The van der Waals surface area contributed by atoms with Crippen LogP contribution in [0.5, 0.6) is 5.75 Å². The molecule has 6 nitrogen and oxygen atoms in total. The fourth-order valence-corrected chi connectivity index (χ4v) is 5.43. The van der Waals surface area contributed by atoms with E-state index in [9.17, 15) is 10.1 Å². The first-order valence-electron chi connectivity index (χ1n) is 11.3. The van der Waals surface area contributed by atoms with Gasteiger partial charge in [0.15, 0.2) is 5.11 Å². The van der Waals surface area contributed by atoms with E-state index >= 15 is 0 Å². The molecule has 0 fully saturated rings. The lowest BCUT2D eigenvalue weighted by Gasteiger charge is -2.13. The lowest BCUT2D eigenvalue weighted by atomic mass is 10.0. The van der Waals surface area contributed by atoms with Gasteiger partial charge in [0.1, 0.15) is 16.8 Å². The first-order valence-corrected chi connectivity index (χ1v) is 13.6. The zero-order valence-electron chi connectivity index (χ0n) is 20.2. The minimum absolute atomic E-state index is 0.175. The summed E-state index contributed by atoms with van der Waals surface area (Å²) in [6.45, 7) is 2.02. The van der Waals surface area contributed by atoms with E-state index in [1.807, 2.05) is 85.1 Å². The molecule has 0 atom stereocenters. The summed E-state index contributed by atoms with van der Waals surface area (Å²) in [5, 5.41) is 21.8. The number of amides is 1. The highest BCUT2D eigenvalue weighted by Gasteiger charge is 2.15. The van der Waals surface area contributed by atoms with Crippen molar-refractivity contribution in [2.24, 2.45) is 0 Å². The SMILES string of the molecule is COc1ccccc1NC(=S)Nc1cccc(SCC(=O)Nc2scc(-c3ccc(C)cc3)c2C#N)c1. The molecule has 0 aliphatic heterocycles. The van der Waals surface area contributed by atoms with Gasteiger partial charge in [0.2, 0.25) is 5.91 Å². The molecule has 0 saturated carbocycles. The van der Waals surface area contributed by atoms with E-state index in [0.29, 0.717) is 21.4 Å². The Bertz CT molecular complexity index is 1460. The Morgan fingerprint density at radius 3 is 2.59 bits per heavy atom. The Labute approximate surface area is 229 Å². The second-order valence-electron chi connectivity index (χ2n) is 7.98. The number of nitrogens with zero attached hydrogens (tertiary/aromatic N) is 1. The summed E-state index contributed by atoms with van der Waals surface area (Å²) < 4.78 is 5.35. The summed E-state index contributed by atoms with van der Waals surface area (Å²) in [4.78, 5) is 13.6. The molecule has 186 valence electrons. The van der Waals surface area contributed by atoms with Gasteiger partial charge in [0, 0.05) is 21.5 Å². The number of methoxy groups -OCH3 is 1. The number of nitrogens with one attached hydrogen (secondary N) is 3. The highest BCUT2D eigenvalue weighted by molar-refractivity contribution is 8.00. The van der Waals surface area contributed by atoms with Gasteiger partial charge in [0.25, 0.3) is 0 Å². The predicted molar refractivity (Wildman–Crippen MR) is 158 cm³/mol. The number of para-hydroxylation sites is 2. The number of hydrogen-bond acceptors (Lipinski definition) is 6. The van der Waals surface area contributed by atoms with Crippen LogP contribution in [0.2, 0.25) is 0 Å². The van der Waals surface area contributed by atoms with Crippen molar-refractivity contribution in [1.29, 1.82) is 5.26 Å². The van der Waals surface area contributed by atoms with Crippen LogP contribution in [-0.4, -0.2) is 23.9 Å². The lowest BCUT2D eigenvalue weighted by Crippen LogP contribution is -2.19. The van der Waals surface area contributed by atoms with Crippen LogP contribution in [0, 0.1) is 18.3 Å². The molecule has 9 heteroatoms. The largest absolute Gasteiger partial charge is 0.495 e. The zero-order valence-corrected chi connectivity index (χ0v) is 22.7. The third-order valence-electron chi connectivity index (χ3n) is 5.34. The summed E-state index contributed by atoms with van der Waals surface area (Å²) in [7, 11) is 1.61. The van der Waals surface area contributed by atoms with Gasteiger partial charge in [-0.3, -0.25) is 4.79 Å². The number of nitriles is 1. The number of rotatable bonds is 8. The Hall–Kier alpha value is -3.84. The Morgan fingerprint density at radius 1 is 1.05 bits per heavy atom. The van der Waals surface area contributed by atoms with Crippen molar-refractivity contribution < 1.29 is 9.53 Å². The number of thioether (sulfide) groups is 1. The van der Waals surface area contributed by atoms with Crippen LogP contribution in [0.1, 0.15) is 11.1 Å². The van der Waals surface area contributed by atoms with E-state index in [2.05, 4.69) is 22.0 Å². The molecule has 0 saturated heterocycles. The maximum absolute atomic E-state index is 12.7. The molecule has 4 rings (SSSR count). The fraction of sp³-hybridized carbons (Fsp3) is 0.107. The maximum atomic E-state index is 12.7. The first-order chi connectivity index (χ1) is 18.0. The summed E-state index contributed by atoms with van der Waals surface area (Å²) in [5.41, 5.74) is 4.97. The molecule has 3 aromatic carbocycles. The number of hydrogen-bond donors (Lipinski definition) is 3. The van der Waals surface area contributed by atoms with E-state index in [0.717, 1.165) is 33.0 Å². The van der Waals surface area contributed by atoms with Gasteiger partial charge in [-0.15, -0.1) is 23.1 Å². The van der Waals surface area contributed by atoms with E-state index in [1.54, 1.807) is 7.11 Å². The molecule has 0 unspecified atom stereocenters. The van der Waals surface area contributed by atoms with Crippen LogP contribution in [-0.2, 0) is 4.79 Å². The standard InChI is InChI=1S/C28H24N4O2S3/c1-18-10-12-19(13-11-18)23-16-37-27(22(23)15-29)32-26(33)17-36-21-7-5-6-20(14-21)30-28(35)31-24-8-3-4-9-25(24)34-2/h3-14,16H,17H2,1-2H3,(H,32,33)(H2,30,31,35). The molecule has 0 aliphatic carbocycles. The summed E-state index contributed by atoms with van der Waals surface area (Å²) in [5.74, 6) is 0.722. The molecule has 0 aliphatic rings. The van der Waals surface area contributed by atoms with Crippen LogP contribution in [0.15, 0.2) is 83.1 Å². The van der Waals surface area contributed by atoms with Gasteiger partial charge >= 0.3 is 0 Å². The van der Waals surface area contributed by atoms with Crippen LogP contribution >= 0.6 is 35.3 Å². The van der Waals surface area contributed by atoms with Crippen molar-refractivity contribution in [1.82, 2.24) is 0 Å².